The molecule has 0 radical (unpaired) electrons. The first-order valence-corrected chi connectivity index (χ1v) is 5.07. The molecule has 2 aromatic heterocycles. The molecule has 0 bridgehead atoms. The molecule has 2 rings (SSSR count). The highest BCUT2D eigenvalue weighted by atomic mass is 35.5. The van der Waals surface area contributed by atoms with Crippen molar-refractivity contribution in [3.8, 4) is 0 Å². The minimum atomic E-state index is -0.252. The molecule has 16 heavy (non-hydrogen) atoms. The quantitative estimate of drug-likeness (QED) is 0.781. The highest BCUT2D eigenvalue weighted by Crippen LogP contribution is 2.14. The summed E-state index contributed by atoms with van der Waals surface area (Å²) in [5.74, 6) is 0.553. The molecule has 0 fully saturated rings. The predicted octanol–water partition coefficient (Wildman–Crippen LogP) is 0.789. The van der Waals surface area contributed by atoms with Gasteiger partial charge in [-0.05, 0) is 18.5 Å². The lowest BCUT2D eigenvalue weighted by molar-refractivity contribution is 0.110. The van der Waals surface area contributed by atoms with Crippen molar-refractivity contribution < 1.29 is 4.74 Å². The number of aromatic nitrogens is 4. The maximum Gasteiger partial charge on any atom is 0.280 e. The molecular formula is C9H11ClN4O2. The summed E-state index contributed by atoms with van der Waals surface area (Å²) in [4.78, 5) is 15.9. The SMILES string of the molecule is COC(C)c1ncc2c(=O)n(C)c(Cl)nn12. The van der Waals surface area contributed by atoms with Gasteiger partial charge in [0.05, 0.1) is 6.20 Å². The maximum atomic E-state index is 11.8. The minimum absolute atomic E-state index is 0.111. The first kappa shape index (κ1) is 11.1. The summed E-state index contributed by atoms with van der Waals surface area (Å²) in [6, 6.07) is 0. The Labute approximate surface area is 96.4 Å². The maximum absolute atomic E-state index is 11.8. The molecule has 2 heterocycles. The fraction of sp³-hybridized carbons (Fsp3) is 0.444. The molecule has 0 aliphatic rings. The van der Waals surface area contributed by atoms with Gasteiger partial charge in [-0.15, -0.1) is 5.10 Å². The highest BCUT2D eigenvalue weighted by Gasteiger charge is 2.15. The number of nitrogens with zero attached hydrogens (tertiary/aromatic N) is 4. The number of ether oxygens (including phenoxy) is 1. The van der Waals surface area contributed by atoms with E-state index in [4.69, 9.17) is 16.3 Å². The standard InChI is InChI=1S/C9H11ClN4O2/c1-5(16-3)7-11-4-6-8(15)13(2)9(10)12-14(6)7/h4-5H,1-3H3. The second-order valence-corrected chi connectivity index (χ2v) is 3.76. The van der Waals surface area contributed by atoms with Crippen molar-refractivity contribution in [3.63, 3.8) is 0 Å². The van der Waals surface area contributed by atoms with Crippen LogP contribution in [0.5, 0.6) is 0 Å². The third-order valence-corrected chi connectivity index (χ3v) is 2.79. The molecule has 7 heteroatoms. The van der Waals surface area contributed by atoms with Crippen LogP contribution in [-0.4, -0.2) is 26.3 Å². The number of hydrogen-bond acceptors (Lipinski definition) is 4. The second kappa shape index (κ2) is 3.88. The molecule has 6 nitrogen and oxygen atoms in total. The smallest absolute Gasteiger partial charge is 0.280 e. The average Bonchev–Trinajstić information content (AvgIpc) is 2.68. The Morgan fingerprint density at radius 1 is 1.56 bits per heavy atom. The molecular weight excluding hydrogens is 232 g/mol. The Bertz CT molecular complexity index is 589. The minimum Gasteiger partial charge on any atom is -0.374 e. The van der Waals surface area contributed by atoms with E-state index in [0.29, 0.717) is 11.3 Å². The lowest BCUT2D eigenvalue weighted by Crippen LogP contribution is -2.22. The van der Waals surface area contributed by atoms with Gasteiger partial charge in [0.15, 0.2) is 11.3 Å². The van der Waals surface area contributed by atoms with E-state index in [-0.39, 0.29) is 16.9 Å². The van der Waals surface area contributed by atoms with Crippen LogP contribution in [0.4, 0.5) is 0 Å². The zero-order chi connectivity index (χ0) is 11.9. The van der Waals surface area contributed by atoms with Gasteiger partial charge in [0.2, 0.25) is 5.28 Å². The van der Waals surface area contributed by atoms with Gasteiger partial charge in [0.1, 0.15) is 6.10 Å². The fourth-order valence-corrected chi connectivity index (χ4v) is 1.55. The van der Waals surface area contributed by atoms with Crippen LogP contribution >= 0.6 is 11.6 Å². The van der Waals surface area contributed by atoms with Crippen molar-refractivity contribution in [1.29, 1.82) is 0 Å². The largest absolute Gasteiger partial charge is 0.374 e. The molecule has 1 unspecified atom stereocenters. The number of halogens is 1. The monoisotopic (exact) mass is 242 g/mol. The van der Waals surface area contributed by atoms with E-state index in [2.05, 4.69) is 10.1 Å². The van der Waals surface area contributed by atoms with Crippen LogP contribution in [-0.2, 0) is 11.8 Å². The molecule has 86 valence electrons. The molecule has 0 N–H and O–H groups in total. The van der Waals surface area contributed by atoms with Crippen molar-refractivity contribution >= 4 is 17.1 Å². The number of fused-ring (bicyclic) bond motifs is 1. The zero-order valence-electron chi connectivity index (χ0n) is 9.14. The predicted molar refractivity (Wildman–Crippen MR) is 58.7 cm³/mol. The molecule has 0 saturated carbocycles. The summed E-state index contributed by atoms with van der Waals surface area (Å²) in [5, 5.41) is 4.18. The Balaban J connectivity index is 2.79. The van der Waals surface area contributed by atoms with Crippen LogP contribution in [0, 0.1) is 0 Å². The van der Waals surface area contributed by atoms with Crippen molar-refractivity contribution in [2.45, 2.75) is 13.0 Å². The first-order valence-electron chi connectivity index (χ1n) is 4.69. The van der Waals surface area contributed by atoms with E-state index in [9.17, 15) is 4.79 Å². The van der Waals surface area contributed by atoms with Crippen LogP contribution in [0.2, 0.25) is 5.28 Å². The Morgan fingerprint density at radius 2 is 2.25 bits per heavy atom. The van der Waals surface area contributed by atoms with Crippen LogP contribution in [0.3, 0.4) is 0 Å². The number of rotatable bonds is 2. The molecule has 0 aliphatic carbocycles. The average molecular weight is 243 g/mol. The third kappa shape index (κ3) is 1.50. The van der Waals surface area contributed by atoms with Crippen molar-refractivity contribution in [3.05, 3.63) is 27.7 Å². The summed E-state index contributed by atoms with van der Waals surface area (Å²) in [6.07, 6.45) is 1.22. The van der Waals surface area contributed by atoms with Crippen molar-refractivity contribution in [2.75, 3.05) is 7.11 Å². The Morgan fingerprint density at radius 3 is 2.88 bits per heavy atom. The topological polar surface area (TPSA) is 61.4 Å². The van der Waals surface area contributed by atoms with Gasteiger partial charge < -0.3 is 4.74 Å². The molecule has 2 aromatic rings. The second-order valence-electron chi connectivity index (χ2n) is 3.42. The van der Waals surface area contributed by atoms with Crippen molar-refractivity contribution in [2.24, 2.45) is 7.05 Å². The van der Waals surface area contributed by atoms with E-state index >= 15 is 0 Å². The Kier molecular flexibility index (Phi) is 2.69. The van der Waals surface area contributed by atoms with E-state index in [0.717, 1.165) is 0 Å². The summed E-state index contributed by atoms with van der Waals surface area (Å²) in [5.41, 5.74) is 0.146. The number of hydrogen-bond donors (Lipinski definition) is 0. The van der Waals surface area contributed by atoms with Gasteiger partial charge in [-0.25, -0.2) is 9.50 Å². The zero-order valence-corrected chi connectivity index (χ0v) is 9.89. The van der Waals surface area contributed by atoms with Gasteiger partial charge in [-0.2, -0.15) is 0 Å². The van der Waals surface area contributed by atoms with Crippen molar-refractivity contribution in [1.82, 2.24) is 19.2 Å². The van der Waals surface area contributed by atoms with E-state index < -0.39 is 0 Å². The van der Waals surface area contributed by atoms with Crippen LogP contribution in [0.1, 0.15) is 18.9 Å². The number of imidazole rings is 1. The molecule has 0 aromatic carbocycles. The lowest BCUT2D eigenvalue weighted by Gasteiger charge is -2.08. The fourth-order valence-electron chi connectivity index (χ4n) is 1.40. The summed E-state index contributed by atoms with van der Waals surface area (Å²) >= 11 is 5.83. The van der Waals surface area contributed by atoms with E-state index in [1.807, 2.05) is 6.92 Å². The molecule has 0 saturated heterocycles. The number of methoxy groups -OCH3 is 1. The Hall–Kier alpha value is -1.40. The molecule has 0 aliphatic heterocycles. The molecule has 0 spiro atoms. The summed E-state index contributed by atoms with van der Waals surface area (Å²) < 4.78 is 7.82. The van der Waals surface area contributed by atoms with Crippen LogP contribution in [0.25, 0.3) is 5.52 Å². The van der Waals surface area contributed by atoms with E-state index in [1.54, 1.807) is 14.2 Å². The normalized spacial score (nSPS) is 13.2. The van der Waals surface area contributed by atoms with Gasteiger partial charge in [0.25, 0.3) is 5.56 Å². The summed E-state index contributed by atoms with van der Waals surface area (Å²) in [7, 11) is 3.12. The third-order valence-electron chi connectivity index (χ3n) is 2.46. The molecule has 0 amide bonds. The van der Waals surface area contributed by atoms with Crippen LogP contribution in [0.15, 0.2) is 11.0 Å². The van der Waals surface area contributed by atoms with Crippen LogP contribution < -0.4 is 5.56 Å². The van der Waals surface area contributed by atoms with E-state index in [1.165, 1.54) is 15.3 Å². The lowest BCUT2D eigenvalue weighted by atomic mass is 10.4. The summed E-state index contributed by atoms with van der Waals surface area (Å²) in [6.45, 7) is 1.82. The first-order chi connectivity index (χ1) is 7.56. The van der Waals surface area contributed by atoms with Gasteiger partial charge in [-0.1, -0.05) is 0 Å². The highest BCUT2D eigenvalue weighted by molar-refractivity contribution is 6.28. The van der Waals surface area contributed by atoms with Gasteiger partial charge >= 0.3 is 0 Å². The van der Waals surface area contributed by atoms with Gasteiger partial charge in [0, 0.05) is 14.2 Å². The molecule has 1 atom stereocenters. The van der Waals surface area contributed by atoms with Gasteiger partial charge in [-0.3, -0.25) is 9.36 Å².